The lowest BCUT2D eigenvalue weighted by Crippen LogP contribution is -2.28. The van der Waals surface area contributed by atoms with Crippen molar-refractivity contribution >= 4 is 0 Å². The van der Waals surface area contributed by atoms with E-state index in [-0.39, 0.29) is 0 Å². The Labute approximate surface area is 92.5 Å². The highest BCUT2D eigenvalue weighted by Crippen LogP contribution is 2.20. The van der Waals surface area contributed by atoms with Gasteiger partial charge in [0, 0.05) is 24.7 Å². The summed E-state index contributed by atoms with van der Waals surface area (Å²) in [5.41, 5.74) is 1.27. The van der Waals surface area contributed by atoms with Gasteiger partial charge in [-0.05, 0) is 40.9 Å². The van der Waals surface area contributed by atoms with Gasteiger partial charge in [0.05, 0.1) is 0 Å². The van der Waals surface area contributed by atoms with E-state index in [2.05, 4.69) is 37.3 Å². The van der Waals surface area contributed by atoms with Crippen LogP contribution < -0.4 is 5.32 Å². The fraction of sp³-hybridized carbons (Fsp3) is 0.667. The summed E-state index contributed by atoms with van der Waals surface area (Å²) in [7, 11) is 4.17. The molecule has 0 fully saturated rings. The van der Waals surface area contributed by atoms with E-state index in [0.29, 0.717) is 6.04 Å². The summed E-state index contributed by atoms with van der Waals surface area (Å²) in [6.07, 6.45) is 0. The van der Waals surface area contributed by atoms with Crippen molar-refractivity contribution in [2.24, 2.45) is 0 Å². The highest BCUT2D eigenvalue weighted by atomic mass is 16.3. The van der Waals surface area contributed by atoms with Crippen LogP contribution in [0.15, 0.2) is 10.5 Å². The molecule has 3 heteroatoms. The SMILES string of the molecule is Cc1cc(C(C)NCCN(C)C)c(C)o1. The smallest absolute Gasteiger partial charge is 0.105 e. The molecule has 0 spiro atoms. The summed E-state index contributed by atoms with van der Waals surface area (Å²) in [5.74, 6) is 2.01. The maximum Gasteiger partial charge on any atom is 0.105 e. The molecule has 0 bridgehead atoms. The molecular weight excluding hydrogens is 188 g/mol. The van der Waals surface area contributed by atoms with E-state index in [1.54, 1.807) is 0 Å². The second kappa shape index (κ2) is 5.33. The van der Waals surface area contributed by atoms with Crippen molar-refractivity contribution in [3.8, 4) is 0 Å². The number of nitrogens with zero attached hydrogens (tertiary/aromatic N) is 1. The van der Waals surface area contributed by atoms with Gasteiger partial charge in [-0.2, -0.15) is 0 Å². The molecule has 1 aromatic rings. The third-order valence-corrected chi connectivity index (χ3v) is 2.56. The third kappa shape index (κ3) is 3.68. The zero-order chi connectivity index (χ0) is 11.4. The molecule has 0 aliphatic heterocycles. The van der Waals surface area contributed by atoms with Crippen LogP contribution in [-0.2, 0) is 0 Å². The Kier molecular flexibility index (Phi) is 4.36. The van der Waals surface area contributed by atoms with Crippen LogP contribution in [0.25, 0.3) is 0 Å². The molecule has 15 heavy (non-hydrogen) atoms. The van der Waals surface area contributed by atoms with Crippen molar-refractivity contribution in [2.75, 3.05) is 27.2 Å². The molecule has 1 heterocycles. The summed E-state index contributed by atoms with van der Waals surface area (Å²) in [6, 6.07) is 2.48. The van der Waals surface area contributed by atoms with Gasteiger partial charge in [0.1, 0.15) is 11.5 Å². The summed E-state index contributed by atoms with van der Waals surface area (Å²) < 4.78 is 5.51. The predicted molar refractivity (Wildman–Crippen MR) is 63.2 cm³/mol. The van der Waals surface area contributed by atoms with Gasteiger partial charge in [-0.1, -0.05) is 0 Å². The average molecular weight is 210 g/mol. The minimum Gasteiger partial charge on any atom is -0.466 e. The lowest BCUT2D eigenvalue weighted by molar-refractivity contribution is 0.388. The molecule has 0 saturated carbocycles. The first-order chi connectivity index (χ1) is 7.00. The number of hydrogen-bond donors (Lipinski definition) is 1. The first kappa shape index (κ1) is 12.3. The van der Waals surface area contributed by atoms with E-state index < -0.39 is 0 Å². The Hall–Kier alpha value is -0.800. The molecule has 1 unspecified atom stereocenters. The summed E-state index contributed by atoms with van der Waals surface area (Å²) in [6.45, 7) is 8.24. The number of nitrogens with one attached hydrogen (secondary N) is 1. The molecule has 0 saturated heterocycles. The summed E-state index contributed by atoms with van der Waals surface area (Å²) in [4.78, 5) is 2.17. The topological polar surface area (TPSA) is 28.4 Å². The van der Waals surface area contributed by atoms with Gasteiger partial charge in [-0.3, -0.25) is 0 Å². The first-order valence-corrected chi connectivity index (χ1v) is 5.45. The van der Waals surface area contributed by atoms with Gasteiger partial charge >= 0.3 is 0 Å². The highest BCUT2D eigenvalue weighted by molar-refractivity contribution is 5.23. The Morgan fingerprint density at radius 3 is 2.53 bits per heavy atom. The Balaban J connectivity index is 2.46. The largest absolute Gasteiger partial charge is 0.466 e. The summed E-state index contributed by atoms with van der Waals surface area (Å²) in [5, 5.41) is 3.48. The molecule has 1 N–H and O–H groups in total. The third-order valence-electron chi connectivity index (χ3n) is 2.56. The van der Waals surface area contributed by atoms with Crippen LogP contribution >= 0.6 is 0 Å². The van der Waals surface area contributed by atoms with Gasteiger partial charge < -0.3 is 14.6 Å². The quantitative estimate of drug-likeness (QED) is 0.807. The molecule has 3 nitrogen and oxygen atoms in total. The van der Waals surface area contributed by atoms with Crippen molar-refractivity contribution in [2.45, 2.75) is 26.8 Å². The number of furan rings is 1. The minimum absolute atomic E-state index is 0.363. The van der Waals surface area contributed by atoms with Crippen LogP contribution in [0.1, 0.15) is 30.0 Å². The summed E-state index contributed by atoms with van der Waals surface area (Å²) >= 11 is 0. The van der Waals surface area contributed by atoms with Gasteiger partial charge in [-0.25, -0.2) is 0 Å². The average Bonchev–Trinajstić information content (AvgIpc) is 2.44. The van der Waals surface area contributed by atoms with Gasteiger partial charge in [0.25, 0.3) is 0 Å². The van der Waals surface area contributed by atoms with Crippen LogP contribution in [0.4, 0.5) is 0 Å². The molecule has 86 valence electrons. The number of aryl methyl sites for hydroxylation is 2. The molecule has 1 aromatic heterocycles. The fourth-order valence-electron chi connectivity index (χ4n) is 1.70. The maximum absolute atomic E-state index is 5.51. The predicted octanol–water partition coefficient (Wildman–Crippen LogP) is 2.11. The van der Waals surface area contributed by atoms with Crippen molar-refractivity contribution in [1.29, 1.82) is 0 Å². The Morgan fingerprint density at radius 1 is 1.40 bits per heavy atom. The Bertz CT molecular complexity index is 305. The van der Waals surface area contributed by atoms with Gasteiger partial charge in [0.2, 0.25) is 0 Å². The van der Waals surface area contributed by atoms with E-state index in [0.717, 1.165) is 24.6 Å². The zero-order valence-corrected chi connectivity index (χ0v) is 10.4. The number of hydrogen-bond acceptors (Lipinski definition) is 3. The van der Waals surface area contributed by atoms with Crippen LogP contribution in [0, 0.1) is 13.8 Å². The first-order valence-electron chi connectivity index (χ1n) is 5.45. The molecule has 0 aromatic carbocycles. The van der Waals surface area contributed by atoms with Gasteiger partial charge in [0.15, 0.2) is 0 Å². The van der Waals surface area contributed by atoms with E-state index >= 15 is 0 Å². The van der Waals surface area contributed by atoms with E-state index in [9.17, 15) is 0 Å². The molecule has 0 amide bonds. The lowest BCUT2D eigenvalue weighted by atomic mass is 10.1. The highest BCUT2D eigenvalue weighted by Gasteiger charge is 2.11. The van der Waals surface area contributed by atoms with Crippen LogP contribution in [-0.4, -0.2) is 32.1 Å². The van der Waals surface area contributed by atoms with Crippen molar-refractivity contribution < 1.29 is 4.42 Å². The van der Waals surface area contributed by atoms with Crippen molar-refractivity contribution in [3.05, 3.63) is 23.2 Å². The van der Waals surface area contributed by atoms with E-state index in [1.165, 1.54) is 5.56 Å². The molecule has 1 rings (SSSR count). The van der Waals surface area contributed by atoms with Crippen LogP contribution in [0.5, 0.6) is 0 Å². The van der Waals surface area contributed by atoms with E-state index in [1.807, 2.05) is 13.8 Å². The van der Waals surface area contributed by atoms with E-state index in [4.69, 9.17) is 4.42 Å². The molecule has 0 aliphatic carbocycles. The Morgan fingerprint density at radius 2 is 2.07 bits per heavy atom. The normalized spacial score (nSPS) is 13.5. The zero-order valence-electron chi connectivity index (χ0n) is 10.4. The van der Waals surface area contributed by atoms with Gasteiger partial charge in [-0.15, -0.1) is 0 Å². The maximum atomic E-state index is 5.51. The monoisotopic (exact) mass is 210 g/mol. The second-order valence-electron chi connectivity index (χ2n) is 4.35. The molecule has 0 radical (unpaired) electrons. The standard InChI is InChI=1S/C12H22N2O/c1-9-8-12(11(3)15-9)10(2)13-6-7-14(4)5/h8,10,13H,6-7H2,1-5H3. The minimum atomic E-state index is 0.363. The van der Waals surface area contributed by atoms with Crippen molar-refractivity contribution in [3.63, 3.8) is 0 Å². The molecule has 1 atom stereocenters. The molecule has 0 aliphatic rings. The number of rotatable bonds is 5. The van der Waals surface area contributed by atoms with Crippen LogP contribution in [0.2, 0.25) is 0 Å². The second-order valence-corrected chi connectivity index (χ2v) is 4.35. The lowest BCUT2D eigenvalue weighted by Gasteiger charge is -2.15. The van der Waals surface area contributed by atoms with Crippen molar-refractivity contribution in [1.82, 2.24) is 10.2 Å². The number of likely N-dealkylation sites (N-methyl/N-ethyl adjacent to an activating group) is 1. The molecular formula is C12H22N2O. The van der Waals surface area contributed by atoms with Crippen LogP contribution in [0.3, 0.4) is 0 Å². The fourth-order valence-corrected chi connectivity index (χ4v) is 1.70.